The Hall–Kier alpha value is -1.57. The molecule has 0 bridgehead atoms. The van der Waals surface area contributed by atoms with Gasteiger partial charge in [-0.2, -0.15) is 0 Å². The summed E-state index contributed by atoms with van der Waals surface area (Å²) in [6.45, 7) is 3.69. The molecule has 0 atom stereocenters. The topological polar surface area (TPSA) is 26.3 Å². The van der Waals surface area contributed by atoms with Gasteiger partial charge in [0.25, 0.3) is 0 Å². The monoisotopic (exact) mass is 190 g/mol. The van der Waals surface area contributed by atoms with E-state index >= 15 is 0 Å². The maximum atomic E-state index is 11.2. The Morgan fingerprint density at radius 3 is 2.21 bits per heavy atom. The highest BCUT2D eigenvalue weighted by atomic mass is 16.5. The molecule has 0 aliphatic carbocycles. The molecule has 0 fully saturated rings. The molecule has 0 saturated heterocycles. The summed E-state index contributed by atoms with van der Waals surface area (Å²) in [6.07, 6.45) is 0. The van der Waals surface area contributed by atoms with Gasteiger partial charge in [0.05, 0.1) is 7.11 Å². The van der Waals surface area contributed by atoms with Crippen LogP contribution in [0.25, 0.3) is 5.57 Å². The largest absolute Gasteiger partial charge is 0.466 e. The van der Waals surface area contributed by atoms with Crippen molar-refractivity contribution in [2.75, 3.05) is 7.11 Å². The Balaban J connectivity index is 3.05. The zero-order chi connectivity index (χ0) is 10.6. The molecule has 0 amide bonds. The van der Waals surface area contributed by atoms with Crippen molar-refractivity contribution >= 4 is 11.5 Å². The third-order valence-corrected chi connectivity index (χ3v) is 2.26. The van der Waals surface area contributed by atoms with Crippen LogP contribution in [0, 0.1) is 0 Å². The summed E-state index contributed by atoms with van der Waals surface area (Å²) in [6, 6.07) is 9.79. The first-order chi connectivity index (χ1) is 6.66. The van der Waals surface area contributed by atoms with Crippen LogP contribution in [0.5, 0.6) is 0 Å². The Labute approximate surface area is 84.2 Å². The molecule has 0 aromatic heterocycles. The zero-order valence-electron chi connectivity index (χ0n) is 8.70. The fraction of sp³-hybridized carbons (Fsp3) is 0.250. The average Bonchev–Trinajstić information content (AvgIpc) is 2.27. The SMILES string of the molecule is COC(=O)/C(C)=C(/C)c1ccccc1. The fourth-order valence-corrected chi connectivity index (χ4v) is 1.21. The Kier molecular flexibility index (Phi) is 3.46. The van der Waals surface area contributed by atoms with Crippen LogP contribution in [0.3, 0.4) is 0 Å². The fourth-order valence-electron chi connectivity index (χ4n) is 1.21. The normalized spacial score (nSPS) is 11.9. The molecule has 0 unspecified atom stereocenters. The number of ether oxygens (including phenoxy) is 1. The van der Waals surface area contributed by atoms with Crippen molar-refractivity contribution in [3.63, 3.8) is 0 Å². The lowest BCUT2D eigenvalue weighted by atomic mass is 10.0. The molecule has 1 rings (SSSR count). The number of esters is 1. The van der Waals surface area contributed by atoms with Gasteiger partial charge >= 0.3 is 5.97 Å². The van der Waals surface area contributed by atoms with E-state index in [4.69, 9.17) is 0 Å². The summed E-state index contributed by atoms with van der Waals surface area (Å²) in [5.74, 6) is -0.272. The summed E-state index contributed by atoms with van der Waals surface area (Å²) in [7, 11) is 1.39. The number of hydrogen-bond donors (Lipinski definition) is 0. The molecule has 2 nitrogen and oxygen atoms in total. The lowest BCUT2D eigenvalue weighted by Gasteiger charge is -2.05. The van der Waals surface area contributed by atoms with Crippen molar-refractivity contribution in [3.8, 4) is 0 Å². The Morgan fingerprint density at radius 2 is 1.71 bits per heavy atom. The van der Waals surface area contributed by atoms with E-state index in [0.717, 1.165) is 11.1 Å². The summed E-state index contributed by atoms with van der Waals surface area (Å²) in [4.78, 5) is 11.2. The smallest absolute Gasteiger partial charge is 0.333 e. The minimum absolute atomic E-state index is 0.272. The van der Waals surface area contributed by atoms with E-state index in [1.54, 1.807) is 6.92 Å². The molecule has 0 aliphatic heterocycles. The van der Waals surface area contributed by atoms with E-state index in [1.807, 2.05) is 37.3 Å². The predicted molar refractivity (Wildman–Crippen MR) is 56.7 cm³/mol. The molecule has 1 aromatic carbocycles. The molecule has 0 heterocycles. The highest BCUT2D eigenvalue weighted by Gasteiger charge is 2.08. The van der Waals surface area contributed by atoms with Crippen LogP contribution >= 0.6 is 0 Å². The molecule has 0 radical (unpaired) electrons. The van der Waals surface area contributed by atoms with Crippen LogP contribution in [0.1, 0.15) is 19.4 Å². The molecular formula is C12H14O2. The number of rotatable bonds is 2. The van der Waals surface area contributed by atoms with Gasteiger partial charge in [-0.15, -0.1) is 0 Å². The molecule has 1 aromatic rings. The van der Waals surface area contributed by atoms with Crippen molar-refractivity contribution in [2.45, 2.75) is 13.8 Å². The van der Waals surface area contributed by atoms with Crippen molar-refractivity contribution < 1.29 is 9.53 Å². The van der Waals surface area contributed by atoms with Crippen LogP contribution in [0.4, 0.5) is 0 Å². The van der Waals surface area contributed by atoms with Gasteiger partial charge in [-0.3, -0.25) is 0 Å². The second kappa shape index (κ2) is 4.61. The standard InChI is InChI=1S/C12H14O2/c1-9(10(2)12(13)14-3)11-7-5-4-6-8-11/h4-8H,1-3H3/b10-9-. The highest BCUT2D eigenvalue weighted by molar-refractivity contribution is 5.96. The van der Waals surface area contributed by atoms with E-state index in [1.165, 1.54) is 7.11 Å². The van der Waals surface area contributed by atoms with Crippen LogP contribution in [0.2, 0.25) is 0 Å². The maximum Gasteiger partial charge on any atom is 0.333 e. The third-order valence-electron chi connectivity index (χ3n) is 2.26. The molecule has 0 aliphatic rings. The summed E-state index contributed by atoms with van der Waals surface area (Å²) < 4.78 is 4.66. The summed E-state index contributed by atoms with van der Waals surface area (Å²) >= 11 is 0. The number of benzene rings is 1. The number of allylic oxidation sites excluding steroid dienone is 1. The molecule has 14 heavy (non-hydrogen) atoms. The van der Waals surface area contributed by atoms with Crippen LogP contribution in [-0.4, -0.2) is 13.1 Å². The zero-order valence-corrected chi connectivity index (χ0v) is 8.70. The number of methoxy groups -OCH3 is 1. The van der Waals surface area contributed by atoms with Crippen LogP contribution < -0.4 is 0 Å². The van der Waals surface area contributed by atoms with Crippen LogP contribution in [0.15, 0.2) is 35.9 Å². The highest BCUT2D eigenvalue weighted by Crippen LogP contribution is 2.18. The van der Waals surface area contributed by atoms with E-state index in [-0.39, 0.29) is 5.97 Å². The van der Waals surface area contributed by atoms with Crippen molar-refractivity contribution in [1.82, 2.24) is 0 Å². The Bertz CT molecular complexity index is 350. The second-order valence-corrected chi connectivity index (χ2v) is 3.11. The first-order valence-electron chi connectivity index (χ1n) is 4.48. The first kappa shape index (κ1) is 10.5. The minimum atomic E-state index is -0.272. The Morgan fingerprint density at radius 1 is 1.14 bits per heavy atom. The van der Waals surface area contributed by atoms with Gasteiger partial charge in [-0.1, -0.05) is 30.3 Å². The van der Waals surface area contributed by atoms with Crippen molar-refractivity contribution in [3.05, 3.63) is 41.5 Å². The van der Waals surface area contributed by atoms with Gasteiger partial charge in [0.2, 0.25) is 0 Å². The van der Waals surface area contributed by atoms with Crippen molar-refractivity contribution in [2.24, 2.45) is 0 Å². The van der Waals surface area contributed by atoms with E-state index in [2.05, 4.69) is 4.74 Å². The van der Waals surface area contributed by atoms with Gasteiger partial charge in [-0.05, 0) is 25.0 Å². The molecular weight excluding hydrogens is 176 g/mol. The van der Waals surface area contributed by atoms with Gasteiger partial charge in [0.15, 0.2) is 0 Å². The molecule has 0 saturated carbocycles. The van der Waals surface area contributed by atoms with E-state index < -0.39 is 0 Å². The van der Waals surface area contributed by atoms with Gasteiger partial charge in [0.1, 0.15) is 0 Å². The minimum Gasteiger partial charge on any atom is -0.466 e. The first-order valence-corrected chi connectivity index (χ1v) is 4.48. The van der Waals surface area contributed by atoms with Gasteiger partial charge in [-0.25, -0.2) is 4.79 Å². The van der Waals surface area contributed by atoms with E-state index in [9.17, 15) is 4.79 Å². The second-order valence-electron chi connectivity index (χ2n) is 3.11. The van der Waals surface area contributed by atoms with E-state index in [0.29, 0.717) is 5.57 Å². The van der Waals surface area contributed by atoms with Gasteiger partial charge < -0.3 is 4.74 Å². The molecule has 2 heteroatoms. The molecule has 0 N–H and O–H groups in total. The van der Waals surface area contributed by atoms with Crippen LogP contribution in [-0.2, 0) is 9.53 Å². The summed E-state index contributed by atoms with van der Waals surface area (Å²) in [5.41, 5.74) is 2.66. The molecule has 74 valence electrons. The number of carbonyl (C=O) groups excluding carboxylic acids is 1. The quantitative estimate of drug-likeness (QED) is 0.529. The van der Waals surface area contributed by atoms with Crippen molar-refractivity contribution in [1.29, 1.82) is 0 Å². The average molecular weight is 190 g/mol. The lowest BCUT2D eigenvalue weighted by molar-refractivity contribution is -0.135. The predicted octanol–water partition coefficient (Wildman–Crippen LogP) is 2.65. The number of hydrogen-bond acceptors (Lipinski definition) is 2. The number of carbonyl (C=O) groups is 1. The third kappa shape index (κ3) is 2.22. The van der Waals surface area contributed by atoms with Gasteiger partial charge in [0, 0.05) is 5.57 Å². The maximum absolute atomic E-state index is 11.2. The lowest BCUT2D eigenvalue weighted by Crippen LogP contribution is -2.03. The summed E-state index contributed by atoms with van der Waals surface area (Å²) in [5, 5.41) is 0. The molecule has 0 spiro atoms.